The molecule has 1 N–H and O–H groups in total. The molecule has 5 rings (SSSR count). The zero-order valence-corrected chi connectivity index (χ0v) is 19.7. The first-order chi connectivity index (χ1) is 18.1. The van der Waals surface area contributed by atoms with Gasteiger partial charge in [0.25, 0.3) is 5.89 Å². The van der Waals surface area contributed by atoms with Crippen molar-refractivity contribution in [1.82, 2.24) is 14.9 Å². The lowest BCUT2D eigenvalue weighted by Gasteiger charge is -2.34. The van der Waals surface area contributed by atoms with Crippen molar-refractivity contribution in [3.8, 4) is 23.5 Å². The number of carbonyl (C=O) groups is 2. The van der Waals surface area contributed by atoms with Gasteiger partial charge in [-0.3, -0.25) is 14.6 Å². The Morgan fingerprint density at radius 1 is 1.08 bits per heavy atom. The molecule has 37 heavy (non-hydrogen) atoms. The number of furan rings is 1. The molecular formula is C26H22N6O5. The predicted octanol–water partition coefficient (Wildman–Crippen LogP) is 3.07. The number of aromatic nitrogens is 2. The second-order valence-corrected chi connectivity index (χ2v) is 8.17. The summed E-state index contributed by atoms with van der Waals surface area (Å²) in [5.74, 6) is 0.120. The van der Waals surface area contributed by atoms with Gasteiger partial charge in [0.15, 0.2) is 5.76 Å². The molecule has 1 saturated heterocycles. The highest BCUT2D eigenvalue weighted by Crippen LogP contribution is 2.29. The average Bonchev–Trinajstić information content (AvgIpc) is 3.63. The van der Waals surface area contributed by atoms with Crippen molar-refractivity contribution in [3.05, 3.63) is 78.4 Å². The fraction of sp³-hybridized carbons (Fsp3) is 0.192. The lowest BCUT2D eigenvalue weighted by atomic mass is 10.2. The van der Waals surface area contributed by atoms with Gasteiger partial charge in [-0.2, -0.15) is 10.2 Å². The molecule has 0 radical (unpaired) electrons. The number of hydrogen-bond acceptors (Lipinski definition) is 9. The van der Waals surface area contributed by atoms with E-state index < -0.39 is 11.8 Å². The first kappa shape index (κ1) is 23.6. The number of oxazole rings is 1. The Balaban J connectivity index is 1.16. The van der Waals surface area contributed by atoms with E-state index in [4.69, 9.17) is 13.6 Å². The molecule has 3 aromatic heterocycles. The maximum absolute atomic E-state index is 12.8. The molecule has 1 aliphatic rings. The minimum absolute atomic E-state index is 0.134. The van der Waals surface area contributed by atoms with Crippen LogP contribution < -0.4 is 15.0 Å². The highest BCUT2D eigenvalue weighted by Gasteiger charge is 2.29. The van der Waals surface area contributed by atoms with Crippen LogP contribution in [0.3, 0.4) is 0 Å². The van der Waals surface area contributed by atoms with E-state index in [0.29, 0.717) is 42.8 Å². The number of nitrogens with one attached hydrogen (secondary N) is 1. The molecule has 1 fully saturated rings. The van der Waals surface area contributed by atoms with Crippen molar-refractivity contribution in [2.24, 2.45) is 0 Å². The smallest absolute Gasteiger partial charge is 0.313 e. The van der Waals surface area contributed by atoms with Gasteiger partial charge in [-0.25, -0.2) is 0 Å². The first-order valence-electron chi connectivity index (χ1n) is 11.5. The first-order valence-corrected chi connectivity index (χ1v) is 11.5. The molecule has 186 valence electrons. The van der Waals surface area contributed by atoms with E-state index in [9.17, 15) is 14.9 Å². The Hall–Kier alpha value is -5.11. The minimum atomic E-state index is -0.739. The van der Waals surface area contributed by atoms with Crippen LogP contribution in [0.5, 0.6) is 5.75 Å². The molecule has 0 atom stereocenters. The van der Waals surface area contributed by atoms with Crippen molar-refractivity contribution in [3.63, 3.8) is 0 Å². The summed E-state index contributed by atoms with van der Waals surface area (Å²) < 4.78 is 16.8. The molecule has 11 nitrogen and oxygen atoms in total. The summed E-state index contributed by atoms with van der Waals surface area (Å²) in [6, 6.07) is 16.0. The number of anilines is 2. The van der Waals surface area contributed by atoms with Crippen molar-refractivity contribution >= 4 is 23.4 Å². The number of rotatable bonds is 6. The Bertz CT molecular complexity index is 1420. The summed E-state index contributed by atoms with van der Waals surface area (Å²) >= 11 is 0. The molecule has 1 aliphatic heterocycles. The van der Waals surface area contributed by atoms with E-state index in [1.54, 1.807) is 48.8 Å². The van der Waals surface area contributed by atoms with Gasteiger partial charge in [0.2, 0.25) is 11.6 Å². The van der Waals surface area contributed by atoms with Crippen LogP contribution in [0, 0.1) is 11.3 Å². The summed E-state index contributed by atoms with van der Waals surface area (Å²) in [7, 11) is 0. The van der Waals surface area contributed by atoms with E-state index in [-0.39, 0.29) is 24.7 Å². The van der Waals surface area contributed by atoms with Gasteiger partial charge in [-0.1, -0.05) is 6.07 Å². The molecule has 4 aromatic rings. The number of hydrogen-bond donors (Lipinski definition) is 1. The Labute approximate surface area is 211 Å². The molecule has 4 heterocycles. The van der Waals surface area contributed by atoms with Crippen molar-refractivity contribution in [1.29, 1.82) is 5.26 Å². The SMILES string of the molecule is N#Cc1nc(-c2ccco2)oc1N1CCN(C(=O)C(=O)Nc2cccc(OCc3ccncc3)c2)CC1. The lowest BCUT2D eigenvalue weighted by Crippen LogP contribution is -2.51. The Morgan fingerprint density at radius 2 is 1.89 bits per heavy atom. The maximum atomic E-state index is 12.8. The number of carbonyl (C=O) groups excluding carboxylic acids is 2. The third-order valence-corrected chi connectivity index (χ3v) is 5.74. The van der Waals surface area contributed by atoms with Crippen LogP contribution in [-0.2, 0) is 16.2 Å². The van der Waals surface area contributed by atoms with Crippen LogP contribution >= 0.6 is 0 Å². The highest BCUT2D eigenvalue weighted by molar-refractivity contribution is 6.39. The second kappa shape index (κ2) is 10.7. The third-order valence-electron chi connectivity index (χ3n) is 5.74. The molecule has 2 amide bonds. The van der Waals surface area contributed by atoms with Crippen LogP contribution in [-0.4, -0.2) is 52.9 Å². The van der Waals surface area contributed by atoms with E-state index in [2.05, 4.69) is 15.3 Å². The Morgan fingerprint density at radius 3 is 2.62 bits per heavy atom. The maximum Gasteiger partial charge on any atom is 0.313 e. The van der Waals surface area contributed by atoms with Gasteiger partial charge in [-0.15, -0.1) is 0 Å². The summed E-state index contributed by atoms with van der Waals surface area (Å²) in [5.41, 5.74) is 1.55. The fourth-order valence-electron chi connectivity index (χ4n) is 3.85. The average molecular weight is 498 g/mol. The molecule has 0 spiro atoms. The zero-order chi connectivity index (χ0) is 25.6. The molecule has 0 aliphatic carbocycles. The van der Waals surface area contributed by atoms with Gasteiger partial charge < -0.3 is 28.7 Å². The van der Waals surface area contributed by atoms with E-state index >= 15 is 0 Å². The number of piperazine rings is 1. The molecule has 0 unspecified atom stereocenters. The molecular weight excluding hydrogens is 476 g/mol. The largest absolute Gasteiger partial charge is 0.489 e. The van der Waals surface area contributed by atoms with Crippen molar-refractivity contribution in [2.75, 3.05) is 36.4 Å². The van der Waals surface area contributed by atoms with E-state index in [1.807, 2.05) is 23.1 Å². The predicted molar refractivity (Wildman–Crippen MR) is 131 cm³/mol. The topological polar surface area (TPSA) is 138 Å². The summed E-state index contributed by atoms with van der Waals surface area (Å²) in [6.07, 6.45) is 4.87. The molecule has 0 bridgehead atoms. The second-order valence-electron chi connectivity index (χ2n) is 8.17. The molecule has 11 heteroatoms. The lowest BCUT2D eigenvalue weighted by molar-refractivity contribution is -0.143. The zero-order valence-electron chi connectivity index (χ0n) is 19.7. The fourth-order valence-corrected chi connectivity index (χ4v) is 3.85. The standard InChI is InChI=1S/C26H22N6O5/c27-16-21-26(37-24(30-21)22-5-2-14-35-22)32-12-10-31(11-13-32)25(34)23(33)29-19-3-1-4-20(15-19)36-17-18-6-8-28-9-7-18/h1-9,14-15H,10-13,17H2,(H,29,33). The number of nitrogens with zero attached hydrogens (tertiary/aromatic N) is 5. The van der Waals surface area contributed by atoms with Gasteiger partial charge in [0, 0.05) is 50.3 Å². The quantitative estimate of drug-likeness (QED) is 0.398. The third kappa shape index (κ3) is 5.43. The molecule has 0 saturated carbocycles. The van der Waals surface area contributed by atoms with Gasteiger partial charge in [0.05, 0.1) is 6.26 Å². The number of amides is 2. The van der Waals surface area contributed by atoms with E-state index in [1.165, 1.54) is 11.2 Å². The number of nitriles is 1. The van der Waals surface area contributed by atoms with Crippen molar-refractivity contribution in [2.45, 2.75) is 6.61 Å². The minimum Gasteiger partial charge on any atom is -0.489 e. The van der Waals surface area contributed by atoms with Crippen LogP contribution in [0.2, 0.25) is 0 Å². The number of benzene rings is 1. The number of pyridine rings is 1. The number of ether oxygens (including phenoxy) is 1. The Kier molecular flexibility index (Phi) is 6.80. The summed E-state index contributed by atoms with van der Waals surface area (Å²) in [5, 5.41) is 12.1. The monoisotopic (exact) mass is 498 g/mol. The van der Waals surface area contributed by atoms with Gasteiger partial charge in [-0.05, 0) is 42.0 Å². The normalized spacial score (nSPS) is 13.2. The van der Waals surface area contributed by atoms with Crippen molar-refractivity contribution < 1.29 is 23.2 Å². The van der Waals surface area contributed by atoms with Gasteiger partial charge >= 0.3 is 11.8 Å². The summed E-state index contributed by atoms with van der Waals surface area (Å²) in [6.45, 7) is 1.66. The van der Waals surface area contributed by atoms with Crippen LogP contribution in [0.25, 0.3) is 11.7 Å². The molecule has 1 aromatic carbocycles. The highest BCUT2D eigenvalue weighted by atomic mass is 16.5. The van der Waals surface area contributed by atoms with Crippen LogP contribution in [0.1, 0.15) is 11.3 Å². The van der Waals surface area contributed by atoms with Crippen LogP contribution in [0.15, 0.2) is 76.0 Å². The van der Waals surface area contributed by atoms with E-state index in [0.717, 1.165) is 5.56 Å². The van der Waals surface area contributed by atoms with Gasteiger partial charge in [0.1, 0.15) is 18.4 Å². The van der Waals surface area contributed by atoms with Crippen LogP contribution in [0.4, 0.5) is 11.6 Å². The summed E-state index contributed by atoms with van der Waals surface area (Å²) in [4.78, 5) is 36.9.